The van der Waals surface area contributed by atoms with Crippen LogP contribution in [0.4, 0.5) is 5.69 Å². The Morgan fingerprint density at radius 1 is 0.796 bits per heavy atom. The predicted octanol–water partition coefficient (Wildman–Crippen LogP) is 5.75. The normalized spacial score (nSPS) is 23.3. The number of aliphatic hydroxyl groups excluding tert-OH is 1. The van der Waals surface area contributed by atoms with E-state index in [-0.39, 0.29) is 48.3 Å². The van der Waals surface area contributed by atoms with E-state index >= 15 is 0 Å². The Hall–Kier alpha value is -4.87. The van der Waals surface area contributed by atoms with Gasteiger partial charge in [-0.2, -0.15) is 0 Å². The molecule has 2 amide bonds. The first-order chi connectivity index (χ1) is 23.9. The lowest BCUT2D eigenvalue weighted by Crippen LogP contribution is -2.47. The third-order valence-electron chi connectivity index (χ3n) is 10.3. The molecule has 0 unspecified atom stereocenters. The van der Waals surface area contributed by atoms with Gasteiger partial charge in [-0.25, -0.2) is 9.69 Å². The molecule has 2 N–H and O–H groups in total. The number of ether oxygens (including phenoxy) is 2. The molecule has 250 valence electrons. The minimum atomic E-state index is -0.749. The topological polar surface area (TPSA) is 117 Å². The molecule has 3 aliphatic rings. The molecule has 0 radical (unpaired) electrons. The molecule has 8 rings (SSSR count). The second-order valence-corrected chi connectivity index (χ2v) is 13.3. The number of piperidine rings is 1. The summed E-state index contributed by atoms with van der Waals surface area (Å²) in [5.41, 5.74) is 5.49. The van der Waals surface area contributed by atoms with Gasteiger partial charge in [0.1, 0.15) is 0 Å². The molecule has 5 aromatic rings. The summed E-state index contributed by atoms with van der Waals surface area (Å²) in [6.07, 6.45) is 0.438. The number of benzene rings is 4. The zero-order valence-corrected chi connectivity index (χ0v) is 27.2. The quantitative estimate of drug-likeness (QED) is 0.214. The largest absolute Gasteiger partial charge is 0.392 e. The number of aromatic nitrogens is 2. The van der Waals surface area contributed by atoms with Crippen LogP contribution in [0.3, 0.4) is 0 Å². The van der Waals surface area contributed by atoms with Gasteiger partial charge in [0.2, 0.25) is 0 Å². The molecule has 0 aliphatic carbocycles. The summed E-state index contributed by atoms with van der Waals surface area (Å²) in [4.78, 5) is 46.0. The highest BCUT2D eigenvalue weighted by Gasteiger charge is 2.41. The summed E-state index contributed by atoms with van der Waals surface area (Å²) >= 11 is 0. The number of imide groups is 1. The monoisotopic (exact) mass is 658 g/mol. The molecule has 3 aliphatic heterocycles. The van der Waals surface area contributed by atoms with E-state index in [1.807, 2.05) is 65.2 Å². The Morgan fingerprint density at radius 2 is 1.49 bits per heavy atom. The Morgan fingerprint density at radius 3 is 2.20 bits per heavy atom. The number of rotatable bonds is 7. The number of H-pyrrole nitrogens is 1. The second kappa shape index (κ2) is 12.9. The summed E-state index contributed by atoms with van der Waals surface area (Å²) in [7, 11) is 0. The van der Waals surface area contributed by atoms with Crippen LogP contribution in [0.5, 0.6) is 0 Å². The summed E-state index contributed by atoms with van der Waals surface area (Å²) in [6.45, 7) is 4.42. The average Bonchev–Trinajstić information content (AvgIpc) is 3.61. The molecule has 0 spiro atoms. The van der Waals surface area contributed by atoms with E-state index in [0.29, 0.717) is 28.9 Å². The van der Waals surface area contributed by atoms with E-state index in [4.69, 9.17) is 9.47 Å². The van der Waals surface area contributed by atoms with Crippen LogP contribution in [0, 0.1) is 5.92 Å². The van der Waals surface area contributed by atoms with Crippen molar-refractivity contribution in [3.63, 3.8) is 0 Å². The maximum Gasteiger partial charge on any atom is 0.326 e. The zero-order chi connectivity index (χ0) is 33.6. The molecule has 1 aromatic heterocycles. The first-order valence-corrected chi connectivity index (χ1v) is 16.9. The molecule has 2 fully saturated rings. The number of hydrogen-bond donors (Lipinski definition) is 2. The van der Waals surface area contributed by atoms with E-state index in [9.17, 15) is 19.5 Å². The lowest BCUT2D eigenvalue weighted by molar-refractivity contribution is -0.276. The van der Waals surface area contributed by atoms with Crippen molar-refractivity contribution in [3.05, 3.63) is 135 Å². The van der Waals surface area contributed by atoms with E-state index < -0.39 is 6.29 Å². The Kier molecular flexibility index (Phi) is 8.25. The van der Waals surface area contributed by atoms with E-state index in [2.05, 4.69) is 16.8 Å². The number of aromatic amines is 1. The van der Waals surface area contributed by atoms with E-state index in [0.717, 1.165) is 48.1 Å². The summed E-state index contributed by atoms with van der Waals surface area (Å²) in [6, 6.07) is 29.9. The number of likely N-dealkylation sites (tertiary alicyclic amines) is 1. The molecule has 0 bridgehead atoms. The molecule has 0 saturated carbocycles. The number of imidazole rings is 1. The summed E-state index contributed by atoms with van der Waals surface area (Å²) < 4.78 is 15.3. The smallest absolute Gasteiger partial charge is 0.326 e. The molecule has 4 aromatic carbocycles. The van der Waals surface area contributed by atoms with Gasteiger partial charge in [0.05, 0.1) is 46.7 Å². The Labute approximate surface area is 283 Å². The average molecular weight is 659 g/mol. The fraction of sp³-hybridized carbons (Fsp3) is 0.308. The van der Waals surface area contributed by atoms with Crippen molar-refractivity contribution < 1.29 is 24.2 Å². The molecule has 10 nitrogen and oxygen atoms in total. The lowest BCUT2D eigenvalue weighted by atomic mass is 9.89. The molecular weight excluding hydrogens is 620 g/mol. The fourth-order valence-corrected chi connectivity index (χ4v) is 7.61. The molecular formula is C39H38N4O6. The number of aliphatic hydroxyl groups is 1. The van der Waals surface area contributed by atoms with Gasteiger partial charge in [0, 0.05) is 37.2 Å². The number of nitrogens with zero attached hydrogens (tertiary/aromatic N) is 3. The highest BCUT2D eigenvalue weighted by Crippen LogP contribution is 2.43. The van der Waals surface area contributed by atoms with Crippen LogP contribution in [-0.4, -0.2) is 57.1 Å². The number of carbonyl (C=O) groups excluding carboxylic acids is 2. The minimum Gasteiger partial charge on any atom is -0.392 e. The van der Waals surface area contributed by atoms with Gasteiger partial charge in [0.25, 0.3) is 11.8 Å². The number of fused-ring (bicyclic) bond motifs is 2. The standard InChI is InChI=1S/C39H38N4O6/c1-24-34(22-41-19-17-28(18-20-41)42-33-12-5-4-11-32(33)40-39(42)47)48-38(49-35(24)26-15-13-25(23-44)14-16-26)27-7-6-8-29(21-27)43-36(45)30-9-2-3-10-31(30)37(43)46/h2-16,21,24,28,34-35,38,44H,17-20,22-23H2,1H3,(H,40,47)/t24-,34+,35+,38+/m0/s1. The van der Waals surface area contributed by atoms with Gasteiger partial charge in [0.15, 0.2) is 6.29 Å². The molecule has 49 heavy (non-hydrogen) atoms. The second-order valence-electron chi connectivity index (χ2n) is 13.3. The van der Waals surface area contributed by atoms with Crippen LogP contribution >= 0.6 is 0 Å². The first-order valence-electron chi connectivity index (χ1n) is 16.9. The van der Waals surface area contributed by atoms with Crippen LogP contribution in [0.2, 0.25) is 0 Å². The Balaban J connectivity index is 1.04. The molecule has 2 saturated heterocycles. The third kappa shape index (κ3) is 5.70. The van der Waals surface area contributed by atoms with Gasteiger partial charge >= 0.3 is 5.69 Å². The number of para-hydroxylation sites is 2. The number of anilines is 1. The van der Waals surface area contributed by atoms with Crippen molar-refractivity contribution in [2.45, 2.75) is 50.9 Å². The maximum atomic E-state index is 13.3. The summed E-state index contributed by atoms with van der Waals surface area (Å²) in [5.74, 6) is -0.714. The van der Waals surface area contributed by atoms with Gasteiger partial charge in [-0.3, -0.25) is 14.2 Å². The van der Waals surface area contributed by atoms with Gasteiger partial charge in [-0.05, 0) is 60.4 Å². The lowest BCUT2D eigenvalue weighted by Gasteiger charge is -2.44. The van der Waals surface area contributed by atoms with Crippen molar-refractivity contribution in [2.24, 2.45) is 5.92 Å². The van der Waals surface area contributed by atoms with Crippen LogP contribution in [0.1, 0.15) is 75.6 Å². The van der Waals surface area contributed by atoms with Crippen LogP contribution < -0.4 is 10.6 Å². The van der Waals surface area contributed by atoms with Gasteiger partial charge in [-0.1, -0.05) is 67.6 Å². The number of nitrogens with one attached hydrogen (secondary N) is 1. The van der Waals surface area contributed by atoms with Crippen molar-refractivity contribution in [3.8, 4) is 0 Å². The van der Waals surface area contributed by atoms with Crippen molar-refractivity contribution in [1.29, 1.82) is 0 Å². The number of hydrogen-bond acceptors (Lipinski definition) is 7. The predicted molar refractivity (Wildman–Crippen MR) is 184 cm³/mol. The number of carbonyl (C=O) groups is 2. The van der Waals surface area contributed by atoms with Crippen molar-refractivity contribution in [1.82, 2.24) is 14.5 Å². The van der Waals surface area contributed by atoms with Crippen LogP contribution in [0.15, 0.2) is 102 Å². The van der Waals surface area contributed by atoms with Gasteiger partial charge < -0.3 is 24.5 Å². The van der Waals surface area contributed by atoms with Crippen LogP contribution in [-0.2, 0) is 16.1 Å². The van der Waals surface area contributed by atoms with E-state index in [1.54, 1.807) is 36.4 Å². The Bertz CT molecular complexity index is 2040. The van der Waals surface area contributed by atoms with E-state index in [1.165, 1.54) is 4.90 Å². The number of amides is 2. The van der Waals surface area contributed by atoms with Crippen molar-refractivity contribution in [2.75, 3.05) is 24.5 Å². The van der Waals surface area contributed by atoms with Gasteiger partial charge in [-0.15, -0.1) is 0 Å². The molecule has 4 atom stereocenters. The highest BCUT2D eigenvalue weighted by atomic mass is 16.7. The highest BCUT2D eigenvalue weighted by molar-refractivity contribution is 6.34. The minimum absolute atomic E-state index is 0.00962. The third-order valence-corrected chi connectivity index (χ3v) is 10.3. The molecule has 4 heterocycles. The van der Waals surface area contributed by atoms with Crippen molar-refractivity contribution >= 4 is 28.5 Å². The summed E-state index contributed by atoms with van der Waals surface area (Å²) in [5, 5.41) is 9.63. The van der Waals surface area contributed by atoms with Crippen LogP contribution in [0.25, 0.3) is 11.0 Å². The SMILES string of the molecule is C[C@H]1[C@@H](CN2CCC(n3c(=O)[nH]c4ccccc43)CC2)O[C@@H](c2cccc(N3C(=O)c4ccccc4C3=O)c2)O[C@H]1c1ccc(CO)cc1. The first kappa shape index (κ1) is 31.4. The fourth-order valence-electron chi connectivity index (χ4n) is 7.61. The molecule has 10 heteroatoms. The maximum absolute atomic E-state index is 13.3. The zero-order valence-electron chi connectivity index (χ0n) is 27.2.